The Balaban J connectivity index is 1.66. The van der Waals surface area contributed by atoms with Crippen molar-refractivity contribution in [2.45, 2.75) is 6.54 Å². The molecule has 0 aliphatic carbocycles. The molecule has 0 unspecified atom stereocenters. The van der Waals surface area contributed by atoms with Crippen LogP contribution in [-0.4, -0.2) is 39.0 Å². The number of hydrogen-bond donors (Lipinski definition) is 2. The maximum Gasteiger partial charge on any atom is 0.264 e. The van der Waals surface area contributed by atoms with Crippen molar-refractivity contribution < 1.29 is 23.8 Å². The number of aliphatic imine (C=N–C) groups is 1. The molecule has 4 rings (SSSR count). The number of hydrogen-bond acceptors (Lipinski definition) is 7. The van der Waals surface area contributed by atoms with E-state index in [1.807, 2.05) is 36.4 Å². The standard InChI is InChI=1S/C28H24N4O5/c1-35-22-13-18(14-23(36-2)25(22)37-3)27(33)32-26-20-12-8-7-11-19(20)24(31-26)21(15-29)28(34)30-16-17-9-5-4-6-10-17/h4-14H,16H2,1-3H3,(H,30,34)(H,31,32,33)/b24-21+. The van der Waals surface area contributed by atoms with Crippen molar-refractivity contribution in [2.24, 2.45) is 4.99 Å². The largest absolute Gasteiger partial charge is 0.493 e. The Morgan fingerprint density at radius 2 is 1.51 bits per heavy atom. The SMILES string of the molecule is COc1cc(C(=O)NC2=N/C(=C(\C#N)C(=O)NCc3ccccc3)c3ccccc32)cc(OC)c1OC. The van der Waals surface area contributed by atoms with Crippen molar-refractivity contribution in [2.75, 3.05) is 21.3 Å². The molecule has 0 saturated heterocycles. The van der Waals surface area contributed by atoms with Gasteiger partial charge in [-0.1, -0.05) is 54.6 Å². The summed E-state index contributed by atoms with van der Waals surface area (Å²) >= 11 is 0. The van der Waals surface area contributed by atoms with Crippen LogP contribution in [0.4, 0.5) is 0 Å². The lowest BCUT2D eigenvalue weighted by Crippen LogP contribution is -2.30. The second kappa shape index (κ2) is 11.1. The zero-order valence-corrected chi connectivity index (χ0v) is 20.5. The Morgan fingerprint density at radius 1 is 0.892 bits per heavy atom. The van der Waals surface area contributed by atoms with E-state index >= 15 is 0 Å². The van der Waals surface area contributed by atoms with Gasteiger partial charge in [-0.2, -0.15) is 5.26 Å². The molecule has 0 aromatic heterocycles. The van der Waals surface area contributed by atoms with Gasteiger partial charge in [0.25, 0.3) is 11.8 Å². The van der Waals surface area contributed by atoms with Gasteiger partial charge in [0, 0.05) is 23.2 Å². The van der Waals surface area contributed by atoms with Crippen LogP contribution in [0.25, 0.3) is 5.70 Å². The molecule has 0 saturated carbocycles. The number of benzene rings is 3. The van der Waals surface area contributed by atoms with Crippen LogP contribution in [0, 0.1) is 11.3 Å². The average Bonchev–Trinajstić information content (AvgIpc) is 3.29. The van der Waals surface area contributed by atoms with E-state index in [-0.39, 0.29) is 29.2 Å². The first-order valence-electron chi connectivity index (χ1n) is 11.3. The Labute approximate surface area is 214 Å². The van der Waals surface area contributed by atoms with E-state index in [2.05, 4.69) is 15.6 Å². The lowest BCUT2D eigenvalue weighted by molar-refractivity contribution is -0.117. The van der Waals surface area contributed by atoms with Gasteiger partial charge in [0.05, 0.1) is 27.0 Å². The molecule has 0 atom stereocenters. The number of nitrogens with one attached hydrogen (secondary N) is 2. The molecule has 37 heavy (non-hydrogen) atoms. The van der Waals surface area contributed by atoms with Crippen molar-refractivity contribution in [3.63, 3.8) is 0 Å². The van der Waals surface area contributed by atoms with Crippen molar-refractivity contribution >= 4 is 23.3 Å². The van der Waals surface area contributed by atoms with Crippen LogP contribution in [-0.2, 0) is 11.3 Å². The maximum atomic E-state index is 13.2. The van der Waals surface area contributed by atoms with Gasteiger partial charge in [-0.05, 0) is 17.7 Å². The van der Waals surface area contributed by atoms with Gasteiger partial charge in [-0.3, -0.25) is 9.59 Å². The number of nitrogens with zero attached hydrogens (tertiary/aromatic N) is 2. The highest BCUT2D eigenvalue weighted by Crippen LogP contribution is 2.38. The summed E-state index contributed by atoms with van der Waals surface area (Å²) in [5.74, 6) is 0.174. The number of carbonyl (C=O) groups is 2. The third kappa shape index (κ3) is 5.13. The minimum atomic E-state index is -0.558. The highest BCUT2D eigenvalue weighted by Gasteiger charge is 2.28. The molecular formula is C28H24N4O5. The first-order valence-corrected chi connectivity index (χ1v) is 11.3. The highest BCUT2D eigenvalue weighted by atomic mass is 16.5. The summed E-state index contributed by atoms with van der Waals surface area (Å²) in [7, 11) is 4.39. The molecule has 3 aromatic carbocycles. The fraction of sp³-hybridized carbons (Fsp3) is 0.143. The van der Waals surface area contributed by atoms with E-state index in [4.69, 9.17) is 14.2 Å². The smallest absolute Gasteiger partial charge is 0.264 e. The van der Waals surface area contributed by atoms with Crippen LogP contribution in [0.3, 0.4) is 0 Å². The summed E-state index contributed by atoms with van der Waals surface area (Å²) < 4.78 is 16.0. The molecule has 2 amide bonds. The third-order valence-corrected chi connectivity index (χ3v) is 5.69. The number of carbonyl (C=O) groups excluding carboxylic acids is 2. The predicted molar refractivity (Wildman–Crippen MR) is 137 cm³/mol. The molecule has 1 heterocycles. The molecule has 3 aromatic rings. The van der Waals surface area contributed by atoms with E-state index < -0.39 is 11.8 Å². The zero-order valence-electron chi connectivity index (χ0n) is 20.5. The maximum absolute atomic E-state index is 13.2. The topological polar surface area (TPSA) is 122 Å². The van der Waals surface area contributed by atoms with Gasteiger partial charge in [-0.15, -0.1) is 0 Å². The Hall–Kier alpha value is -5.10. The number of fused-ring (bicyclic) bond motifs is 1. The molecule has 9 heteroatoms. The van der Waals surface area contributed by atoms with E-state index in [9.17, 15) is 14.9 Å². The summed E-state index contributed by atoms with van der Waals surface area (Å²) in [6.45, 7) is 0.258. The molecule has 1 aliphatic rings. The van der Waals surface area contributed by atoms with Gasteiger partial charge in [0.2, 0.25) is 5.75 Å². The number of ether oxygens (including phenoxy) is 3. The van der Waals surface area contributed by atoms with Gasteiger partial charge < -0.3 is 24.8 Å². The van der Waals surface area contributed by atoms with E-state index in [1.165, 1.54) is 33.5 Å². The van der Waals surface area contributed by atoms with E-state index in [0.29, 0.717) is 28.4 Å². The second-order valence-electron chi connectivity index (χ2n) is 7.88. The van der Waals surface area contributed by atoms with Crippen molar-refractivity contribution in [3.8, 4) is 23.3 Å². The van der Waals surface area contributed by atoms with Crippen molar-refractivity contribution in [1.29, 1.82) is 5.26 Å². The van der Waals surface area contributed by atoms with Crippen molar-refractivity contribution in [1.82, 2.24) is 10.6 Å². The summed E-state index contributed by atoms with van der Waals surface area (Å²) in [5.41, 5.74) is 2.32. The monoisotopic (exact) mass is 496 g/mol. The molecule has 1 aliphatic heterocycles. The van der Waals surface area contributed by atoms with Gasteiger partial charge in [-0.25, -0.2) is 4.99 Å². The second-order valence-corrected chi connectivity index (χ2v) is 7.88. The molecule has 0 radical (unpaired) electrons. The Bertz CT molecular complexity index is 1430. The first-order chi connectivity index (χ1) is 18.0. The number of amidine groups is 1. The van der Waals surface area contributed by atoms with Crippen molar-refractivity contribution in [3.05, 3.63) is 94.6 Å². The van der Waals surface area contributed by atoms with Crippen LogP contribution < -0.4 is 24.8 Å². The third-order valence-electron chi connectivity index (χ3n) is 5.69. The lowest BCUT2D eigenvalue weighted by atomic mass is 10.0. The summed E-state index contributed by atoms with van der Waals surface area (Å²) in [6, 6.07) is 21.4. The van der Waals surface area contributed by atoms with Gasteiger partial charge in [0.1, 0.15) is 17.5 Å². The summed E-state index contributed by atoms with van der Waals surface area (Å²) in [5, 5.41) is 15.4. The van der Waals surface area contributed by atoms with Crippen LogP contribution in [0.15, 0.2) is 77.3 Å². The molecular weight excluding hydrogens is 472 g/mol. The molecule has 2 N–H and O–H groups in total. The first kappa shape index (κ1) is 25.0. The quantitative estimate of drug-likeness (QED) is 0.382. The van der Waals surface area contributed by atoms with Gasteiger partial charge in [0.15, 0.2) is 11.5 Å². The molecule has 9 nitrogen and oxygen atoms in total. The highest BCUT2D eigenvalue weighted by molar-refractivity contribution is 6.20. The Kier molecular flexibility index (Phi) is 7.50. The molecule has 186 valence electrons. The minimum absolute atomic E-state index is 0.152. The van der Waals surface area contributed by atoms with Crippen LogP contribution >= 0.6 is 0 Å². The lowest BCUT2D eigenvalue weighted by Gasteiger charge is -2.14. The number of rotatable bonds is 7. The zero-order chi connectivity index (χ0) is 26.4. The van der Waals surface area contributed by atoms with E-state index in [0.717, 1.165) is 5.56 Å². The summed E-state index contributed by atoms with van der Waals surface area (Å²) in [6.07, 6.45) is 0. The fourth-order valence-electron chi connectivity index (χ4n) is 3.88. The fourth-order valence-corrected chi connectivity index (χ4v) is 3.88. The van der Waals surface area contributed by atoms with Gasteiger partial charge >= 0.3 is 0 Å². The van der Waals surface area contributed by atoms with Crippen LogP contribution in [0.5, 0.6) is 17.2 Å². The number of nitriles is 1. The van der Waals surface area contributed by atoms with E-state index in [1.54, 1.807) is 24.3 Å². The molecule has 0 fully saturated rings. The predicted octanol–water partition coefficient (Wildman–Crippen LogP) is 3.45. The molecule has 0 bridgehead atoms. The number of methoxy groups -OCH3 is 3. The number of amides is 2. The average molecular weight is 497 g/mol. The van der Waals surface area contributed by atoms with Crippen LogP contribution in [0.2, 0.25) is 0 Å². The minimum Gasteiger partial charge on any atom is -0.493 e. The summed E-state index contributed by atoms with van der Waals surface area (Å²) in [4.78, 5) is 30.6. The normalized spacial score (nSPS) is 13.0. The van der Waals surface area contributed by atoms with Crippen LogP contribution in [0.1, 0.15) is 27.0 Å². The molecule has 0 spiro atoms. The Morgan fingerprint density at radius 3 is 2.11 bits per heavy atom.